The van der Waals surface area contributed by atoms with E-state index in [9.17, 15) is 19.8 Å². The monoisotopic (exact) mass is 802 g/mol. The van der Waals surface area contributed by atoms with Gasteiger partial charge in [0, 0.05) is 6.42 Å². The van der Waals surface area contributed by atoms with E-state index in [1.165, 1.54) is 135 Å². The molecule has 57 heavy (non-hydrogen) atoms. The molecule has 0 saturated heterocycles. The first kappa shape index (κ1) is 55.1. The van der Waals surface area contributed by atoms with Gasteiger partial charge in [-0.2, -0.15) is 0 Å². The van der Waals surface area contributed by atoms with Crippen LogP contribution in [0.15, 0.2) is 36.5 Å². The Labute approximate surface area is 353 Å². The molecule has 0 heterocycles. The molecule has 0 aromatic rings. The SMILES string of the molecule is CCCCC/C=C\CCCCCC(CC(=O)NC(CO)C(O)CCCCCCCCCCCCCCCCC)OC(=O)CC/C=C/C/C=C\CCCCCCCC. The zero-order chi connectivity index (χ0) is 41.7. The van der Waals surface area contributed by atoms with Gasteiger partial charge in [0.1, 0.15) is 6.10 Å². The van der Waals surface area contributed by atoms with Crippen LogP contribution in [-0.2, 0) is 14.3 Å². The Hall–Kier alpha value is -1.92. The van der Waals surface area contributed by atoms with Crippen molar-refractivity contribution in [1.82, 2.24) is 5.32 Å². The van der Waals surface area contributed by atoms with Gasteiger partial charge in [-0.3, -0.25) is 9.59 Å². The topological polar surface area (TPSA) is 95.9 Å². The molecule has 0 saturated carbocycles. The molecule has 0 aliphatic carbocycles. The molecule has 0 fully saturated rings. The second-order valence-electron chi connectivity index (χ2n) is 16.9. The number of allylic oxidation sites excluding steroid dienone is 6. The average molecular weight is 802 g/mol. The number of aliphatic hydroxyl groups is 2. The highest BCUT2D eigenvalue weighted by atomic mass is 16.5. The van der Waals surface area contributed by atoms with E-state index in [0.29, 0.717) is 19.3 Å². The van der Waals surface area contributed by atoms with Crippen molar-refractivity contribution in [3.05, 3.63) is 36.5 Å². The largest absolute Gasteiger partial charge is 0.462 e. The highest BCUT2D eigenvalue weighted by Gasteiger charge is 2.24. The smallest absolute Gasteiger partial charge is 0.306 e. The van der Waals surface area contributed by atoms with Gasteiger partial charge >= 0.3 is 5.97 Å². The summed E-state index contributed by atoms with van der Waals surface area (Å²) in [6.45, 7) is 6.43. The van der Waals surface area contributed by atoms with Crippen LogP contribution >= 0.6 is 0 Å². The van der Waals surface area contributed by atoms with Crippen molar-refractivity contribution in [2.24, 2.45) is 0 Å². The van der Waals surface area contributed by atoms with Crippen molar-refractivity contribution in [2.45, 2.75) is 270 Å². The first-order valence-corrected chi connectivity index (χ1v) is 24.7. The maximum absolute atomic E-state index is 13.1. The number of ether oxygens (including phenoxy) is 1. The Kier molecular flexibility index (Phi) is 43.6. The Bertz CT molecular complexity index is 946. The zero-order valence-corrected chi connectivity index (χ0v) is 38.0. The molecular weight excluding hydrogens is 707 g/mol. The molecule has 0 aliphatic rings. The minimum absolute atomic E-state index is 0.0461. The normalized spacial score (nSPS) is 13.6. The van der Waals surface area contributed by atoms with E-state index in [0.717, 1.165) is 64.2 Å². The van der Waals surface area contributed by atoms with Gasteiger partial charge in [0.15, 0.2) is 0 Å². The van der Waals surface area contributed by atoms with Crippen LogP contribution in [-0.4, -0.2) is 46.9 Å². The van der Waals surface area contributed by atoms with Gasteiger partial charge in [0.05, 0.1) is 25.2 Å². The van der Waals surface area contributed by atoms with Gasteiger partial charge in [-0.05, 0) is 70.6 Å². The number of hydrogen-bond donors (Lipinski definition) is 3. The van der Waals surface area contributed by atoms with Crippen molar-refractivity contribution in [1.29, 1.82) is 0 Å². The molecule has 334 valence electrons. The summed E-state index contributed by atoms with van der Waals surface area (Å²) >= 11 is 0. The van der Waals surface area contributed by atoms with Crippen molar-refractivity contribution in [3.63, 3.8) is 0 Å². The van der Waals surface area contributed by atoms with E-state index in [1.807, 2.05) is 6.08 Å². The van der Waals surface area contributed by atoms with Crippen LogP contribution in [0.5, 0.6) is 0 Å². The van der Waals surface area contributed by atoms with E-state index in [-0.39, 0.29) is 31.3 Å². The summed E-state index contributed by atoms with van der Waals surface area (Å²) < 4.78 is 5.86. The van der Waals surface area contributed by atoms with Gasteiger partial charge in [0.25, 0.3) is 0 Å². The van der Waals surface area contributed by atoms with Crippen LogP contribution in [0.3, 0.4) is 0 Å². The number of amides is 1. The molecule has 6 nitrogen and oxygen atoms in total. The maximum Gasteiger partial charge on any atom is 0.306 e. The summed E-state index contributed by atoms with van der Waals surface area (Å²) in [4.78, 5) is 26.0. The molecule has 3 atom stereocenters. The maximum atomic E-state index is 13.1. The molecule has 0 bridgehead atoms. The van der Waals surface area contributed by atoms with E-state index in [4.69, 9.17) is 4.74 Å². The van der Waals surface area contributed by atoms with E-state index < -0.39 is 18.2 Å². The van der Waals surface area contributed by atoms with Crippen molar-refractivity contribution >= 4 is 11.9 Å². The predicted octanol–water partition coefficient (Wildman–Crippen LogP) is 14.5. The zero-order valence-electron chi connectivity index (χ0n) is 38.0. The molecule has 1 amide bonds. The number of carbonyl (C=O) groups is 2. The average Bonchev–Trinajstić information content (AvgIpc) is 3.20. The summed E-state index contributed by atoms with van der Waals surface area (Å²) in [7, 11) is 0. The summed E-state index contributed by atoms with van der Waals surface area (Å²) in [6, 6.07) is -0.713. The summed E-state index contributed by atoms with van der Waals surface area (Å²) in [5.74, 6) is -0.567. The Morgan fingerprint density at radius 1 is 0.509 bits per heavy atom. The van der Waals surface area contributed by atoms with Crippen LogP contribution in [0, 0.1) is 0 Å². The molecule has 0 rings (SSSR count). The predicted molar refractivity (Wildman–Crippen MR) is 246 cm³/mol. The van der Waals surface area contributed by atoms with Crippen molar-refractivity contribution < 1.29 is 24.5 Å². The van der Waals surface area contributed by atoms with Gasteiger partial charge in [0.2, 0.25) is 5.91 Å². The molecule has 6 heteroatoms. The van der Waals surface area contributed by atoms with E-state index in [2.05, 4.69) is 56.5 Å². The molecule has 0 aromatic heterocycles. The Balaban J connectivity index is 4.56. The second-order valence-corrected chi connectivity index (χ2v) is 16.9. The van der Waals surface area contributed by atoms with Crippen molar-refractivity contribution in [3.8, 4) is 0 Å². The number of nitrogens with one attached hydrogen (secondary N) is 1. The fraction of sp³-hybridized carbons (Fsp3) is 0.843. The molecule has 3 unspecified atom stereocenters. The second kappa shape index (κ2) is 45.2. The van der Waals surface area contributed by atoms with Gasteiger partial charge < -0.3 is 20.3 Å². The summed E-state index contributed by atoms with van der Waals surface area (Å²) in [6.07, 6.45) is 52.2. The van der Waals surface area contributed by atoms with Crippen LogP contribution in [0.1, 0.15) is 252 Å². The third kappa shape index (κ3) is 40.6. The number of carbonyl (C=O) groups excluding carboxylic acids is 2. The minimum Gasteiger partial charge on any atom is -0.462 e. The third-order valence-corrected chi connectivity index (χ3v) is 11.2. The lowest BCUT2D eigenvalue weighted by atomic mass is 10.0. The fourth-order valence-corrected chi connectivity index (χ4v) is 7.42. The van der Waals surface area contributed by atoms with Crippen molar-refractivity contribution in [2.75, 3.05) is 6.61 Å². The third-order valence-electron chi connectivity index (χ3n) is 11.2. The van der Waals surface area contributed by atoms with Crippen LogP contribution < -0.4 is 5.32 Å². The molecule has 0 radical (unpaired) electrons. The molecule has 0 spiro atoms. The Morgan fingerprint density at radius 3 is 1.40 bits per heavy atom. The highest BCUT2D eigenvalue weighted by molar-refractivity contribution is 5.77. The lowest BCUT2D eigenvalue weighted by molar-refractivity contribution is -0.150. The lowest BCUT2D eigenvalue weighted by Gasteiger charge is -2.24. The fourth-order valence-electron chi connectivity index (χ4n) is 7.42. The molecule has 0 aromatic carbocycles. The number of aliphatic hydroxyl groups excluding tert-OH is 2. The van der Waals surface area contributed by atoms with Crippen LogP contribution in [0.4, 0.5) is 0 Å². The summed E-state index contributed by atoms with van der Waals surface area (Å²) in [5, 5.41) is 23.7. The standard InChI is InChI=1S/C51H95NO5/c1-4-7-10-13-16-19-22-24-25-27-28-31-34-37-40-43-49(54)48(46-53)52-50(55)45-47(42-39-36-33-30-21-18-15-12-9-6-3)57-51(56)44-41-38-35-32-29-26-23-20-17-14-11-8-5-2/h18,21,26,29,35,38,47-49,53-54H,4-17,19-20,22-25,27-28,30-34,36-37,39-46H2,1-3H3,(H,52,55)/b21-18-,29-26-,38-35+. The van der Waals surface area contributed by atoms with Gasteiger partial charge in [-0.25, -0.2) is 0 Å². The first-order valence-electron chi connectivity index (χ1n) is 24.7. The molecular formula is C51H95NO5. The Morgan fingerprint density at radius 2 is 0.895 bits per heavy atom. The van der Waals surface area contributed by atoms with E-state index >= 15 is 0 Å². The lowest BCUT2D eigenvalue weighted by Crippen LogP contribution is -2.46. The number of unbranched alkanes of at least 4 members (excludes halogenated alkanes) is 26. The van der Waals surface area contributed by atoms with Gasteiger partial charge in [-0.15, -0.1) is 0 Å². The van der Waals surface area contributed by atoms with Crippen LogP contribution in [0.2, 0.25) is 0 Å². The van der Waals surface area contributed by atoms with E-state index in [1.54, 1.807) is 0 Å². The van der Waals surface area contributed by atoms with Gasteiger partial charge in [-0.1, -0.05) is 205 Å². The number of rotatable bonds is 44. The molecule has 3 N–H and O–H groups in total. The quantitative estimate of drug-likeness (QED) is 0.0324. The highest BCUT2D eigenvalue weighted by Crippen LogP contribution is 2.17. The minimum atomic E-state index is -0.797. The summed E-state index contributed by atoms with van der Waals surface area (Å²) in [5.41, 5.74) is 0. The number of hydrogen-bond acceptors (Lipinski definition) is 5. The first-order chi connectivity index (χ1) is 28.0. The van der Waals surface area contributed by atoms with Crippen LogP contribution in [0.25, 0.3) is 0 Å². The number of esters is 1. The molecule has 0 aliphatic heterocycles.